The number of hydrogen-bond donors (Lipinski definition) is 2. The van der Waals surface area contributed by atoms with Crippen LogP contribution in [0.15, 0.2) is 28.9 Å². The van der Waals surface area contributed by atoms with E-state index in [1.165, 1.54) is 12.3 Å². The number of rotatable bonds is 10. The minimum Gasteiger partial charge on any atom is -0.468 e. The minimum absolute atomic E-state index is 0.0169. The van der Waals surface area contributed by atoms with Gasteiger partial charge in [0.15, 0.2) is 6.61 Å². The zero-order chi connectivity index (χ0) is 26.8. The number of nitrogens with zero attached hydrogens (tertiary/aromatic N) is 3. The van der Waals surface area contributed by atoms with Gasteiger partial charge in [-0.25, -0.2) is 9.98 Å². The third-order valence-electron chi connectivity index (χ3n) is 6.91. The number of hydrogen-bond acceptors (Lipinski definition) is 6. The van der Waals surface area contributed by atoms with Gasteiger partial charge in [-0.15, -0.1) is 0 Å². The Morgan fingerprint density at radius 2 is 1.97 bits per heavy atom. The van der Waals surface area contributed by atoms with Crippen LogP contribution >= 0.6 is 0 Å². The summed E-state index contributed by atoms with van der Waals surface area (Å²) >= 11 is 0. The standard InChI is InChI=1S/C26H35F4N5O2/c1-32-16-21(25(27)31)14-23(36)33-15-19-4-2-18(3-5-19)8-11-35-12-9-20-6-7-24(34-22(20)10-13-35)37-17-26(28,29)30/h6-7,15-16,18-19,31-32H,2-5,8-14,17H2,1H3/b21-16-,31-25?,33-15?. The van der Waals surface area contributed by atoms with Crippen LogP contribution in [0, 0.1) is 17.2 Å². The second kappa shape index (κ2) is 13.6. The van der Waals surface area contributed by atoms with Gasteiger partial charge < -0.3 is 15.0 Å². The molecule has 2 aliphatic rings. The molecule has 0 unspecified atom stereocenters. The first kappa shape index (κ1) is 28.7. The van der Waals surface area contributed by atoms with Gasteiger partial charge in [0.05, 0.1) is 6.42 Å². The highest BCUT2D eigenvalue weighted by molar-refractivity contribution is 5.97. The van der Waals surface area contributed by atoms with E-state index in [1.807, 2.05) is 6.07 Å². The zero-order valence-electron chi connectivity index (χ0n) is 21.1. The Kier molecular flexibility index (Phi) is 10.6. The van der Waals surface area contributed by atoms with Gasteiger partial charge in [0, 0.05) is 56.3 Å². The van der Waals surface area contributed by atoms with E-state index in [0.717, 1.165) is 69.4 Å². The molecule has 11 heteroatoms. The van der Waals surface area contributed by atoms with Crippen molar-refractivity contribution < 1.29 is 27.1 Å². The molecule has 37 heavy (non-hydrogen) atoms. The Balaban J connectivity index is 1.38. The van der Waals surface area contributed by atoms with Crippen LogP contribution < -0.4 is 10.1 Å². The van der Waals surface area contributed by atoms with Crippen molar-refractivity contribution in [2.24, 2.45) is 16.8 Å². The predicted molar refractivity (Wildman–Crippen MR) is 134 cm³/mol. The normalized spacial score (nSPS) is 21.4. The highest BCUT2D eigenvalue weighted by Gasteiger charge is 2.29. The average molecular weight is 526 g/mol. The van der Waals surface area contributed by atoms with E-state index in [4.69, 9.17) is 10.1 Å². The van der Waals surface area contributed by atoms with Crippen LogP contribution in [-0.4, -0.2) is 67.4 Å². The number of ether oxygens (including phenoxy) is 1. The first-order valence-electron chi connectivity index (χ1n) is 12.7. The fourth-order valence-electron chi connectivity index (χ4n) is 4.82. The quantitative estimate of drug-likeness (QED) is 0.343. The summed E-state index contributed by atoms with van der Waals surface area (Å²) in [6.45, 7) is 1.33. The molecule has 1 amide bonds. The van der Waals surface area contributed by atoms with Crippen LogP contribution in [0.2, 0.25) is 0 Å². The van der Waals surface area contributed by atoms with Gasteiger partial charge >= 0.3 is 6.18 Å². The number of alkyl halides is 3. The van der Waals surface area contributed by atoms with Crippen molar-refractivity contribution in [2.45, 2.75) is 57.5 Å². The van der Waals surface area contributed by atoms with Gasteiger partial charge in [-0.3, -0.25) is 10.2 Å². The lowest BCUT2D eigenvalue weighted by Crippen LogP contribution is -2.29. The molecule has 1 fully saturated rings. The number of nitrogens with one attached hydrogen (secondary N) is 2. The maximum atomic E-state index is 13.2. The summed E-state index contributed by atoms with van der Waals surface area (Å²) in [7, 11) is 1.58. The van der Waals surface area contributed by atoms with Crippen molar-refractivity contribution in [2.75, 3.05) is 33.3 Å². The van der Waals surface area contributed by atoms with Gasteiger partial charge in [0.2, 0.25) is 17.8 Å². The van der Waals surface area contributed by atoms with E-state index in [-0.39, 0.29) is 23.8 Å². The van der Waals surface area contributed by atoms with E-state index < -0.39 is 24.7 Å². The third-order valence-corrected chi connectivity index (χ3v) is 6.91. The van der Waals surface area contributed by atoms with Crippen LogP contribution in [0.25, 0.3) is 0 Å². The van der Waals surface area contributed by atoms with Crippen LogP contribution in [0.3, 0.4) is 0 Å². The molecule has 0 spiro atoms. The fraction of sp³-hybridized carbons (Fsp3) is 0.615. The largest absolute Gasteiger partial charge is 0.468 e. The first-order chi connectivity index (χ1) is 17.6. The smallest absolute Gasteiger partial charge is 0.422 e. The lowest BCUT2D eigenvalue weighted by Gasteiger charge is -2.28. The van der Waals surface area contributed by atoms with Crippen molar-refractivity contribution in [3.05, 3.63) is 35.2 Å². The van der Waals surface area contributed by atoms with Crippen LogP contribution in [0.1, 0.15) is 49.8 Å². The minimum atomic E-state index is -4.38. The predicted octanol–water partition coefficient (Wildman–Crippen LogP) is 4.66. The molecule has 204 valence electrons. The number of carbonyl (C=O) groups is 1. The van der Waals surface area contributed by atoms with E-state index in [1.54, 1.807) is 13.3 Å². The van der Waals surface area contributed by atoms with Crippen molar-refractivity contribution in [1.82, 2.24) is 15.2 Å². The number of carbonyl (C=O) groups excluding carboxylic acids is 1. The summed E-state index contributed by atoms with van der Waals surface area (Å²) in [5.41, 5.74) is 1.86. The Morgan fingerprint density at radius 1 is 1.24 bits per heavy atom. The molecule has 0 atom stereocenters. The molecular formula is C26H35F4N5O2. The van der Waals surface area contributed by atoms with Gasteiger partial charge in [-0.2, -0.15) is 17.6 Å². The van der Waals surface area contributed by atoms with Crippen molar-refractivity contribution in [3.8, 4) is 5.88 Å². The third kappa shape index (κ3) is 9.87. The van der Waals surface area contributed by atoms with Gasteiger partial charge in [0.25, 0.3) is 0 Å². The molecule has 1 aliphatic carbocycles. The second-order valence-electron chi connectivity index (χ2n) is 9.69. The molecule has 2 heterocycles. The summed E-state index contributed by atoms with van der Waals surface area (Å²) in [4.78, 5) is 22.7. The monoisotopic (exact) mass is 525 g/mol. The number of halogens is 4. The van der Waals surface area contributed by atoms with E-state index in [0.29, 0.717) is 12.3 Å². The summed E-state index contributed by atoms with van der Waals surface area (Å²) in [6, 6.07) is 3.34. The van der Waals surface area contributed by atoms with Crippen molar-refractivity contribution in [1.29, 1.82) is 5.41 Å². The topological polar surface area (TPSA) is 90.7 Å². The Labute approximate surface area is 214 Å². The van der Waals surface area contributed by atoms with E-state index in [9.17, 15) is 22.4 Å². The lowest BCUT2D eigenvalue weighted by atomic mass is 9.81. The summed E-state index contributed by atoms with van der Waals surface area (Å²) in [5.74, 6) is -0.745. The lowest BCUT2D eigenvalue weighted by molar-refractivity contribution is -0.154. The van der Waals surface area contributed by atoms with Gasteiger partial charge in [0.1, 0.15) is 0 Å². The maximum Gasteiger partial charge on any atom is 0.422 e. The molecule has 1 saturated carbocycles. The number of aromatic nitrogens is 1. The Hall–Kier alpha value is -2.82. The van der Waals surface area contributed by atoms with Crippen molar-refractivity contribution >= 4 is 18.1 Å². The first-order valence-corrected chi connectivity index (χ1v) is 12.7. The van der Waals surface area contributed by atoms with Gasteiger partial charge in [-0.1, -0.05) is 6.07 Å². The van der Waals surface area contributed by atoms with Crippen LogP contribution in [-0.2, 0) is 17.6 Å². The second-order valence-corrected chi connectivity index (χ2v) is 9.69. The zero-order valence-corrected chi connectivity index (χ0v) is 21.1. The molecule has 3 rings (SSSR count). The molecule has 7 nitrogen and oxygen atoms in total. The molecule has 1 aromatic heterocycles. The Bertz CT molecular complexity index is 988. The number of aliphatic imine (C=N–C) groups is 1. The van der Waals surface area contributed by atoms with E-state index >= 15 is 0 Å². The highest BCUT2D eigenvalue weighted by atomic mass is 19.4. The SMILES string of the molecule is CN/C=C(/CC(=O)N=CC1CCC(CCN2CCc3ccc(OCC(F)(F)F)nc3CC2)CC1)C(=N)F. The molecule has 0 radical (unpaired) electrons. The molecule has 1 aromatic rings. The molecule has 0 bridgehead atoms. The molecule has 0 aromatic carbocycles. The van der Waals surface area contributed by atoms with E-state index in [2.05, 4.69) is 20.2 Å². The van der Waals surface area contributed by atoms with Crippen LogP contribution in [0.5, 0.6) is 5.88 Å². The number of fused-ring (bicyclic) bond motifs is 1. The highest BCUT2D eigenvalue weighted by Crippen LogP contribution is 2.30. The molecule has 2 N–H and O–H groups in total. The average Bonchev–Trinajstić information content (AvgIpc) is 3.07. The summed E-state index contributed by atoms with van der Waals surface area (Å²) < 4.78 is 55.2. The summed E-state index contributed by atoms with van der Waals surface area (Å²) in [5, 5.41) is 9.70. The van der Waals surface area contributed by atoms with Crippen molar-refractivity contribution in [3.63, 3.8) is 0 Å². The number of amides is 1. The molecular weight excluding hydrogens is 490 g/mol. The Morgan fingerprint density at radius 3 is 2.65 bits per heavy atom. The van der Waals surface area contributed by atoms with Gasteiger partial charge in [-0.05, 0) is 62.5 Å². The molecule has 0 saturated heterocycles. The summed E-state index contributed by atoms with van der Waals surface area (Å²) in [6.07, 6.45) is 4.95. The van der Waals surface area contributed by atoms with Crippen LogP contribution in [0.4, 0.5) is 17.6 Å². The number of pyridine rings is 1. The fourth-order valence-corrected chi connectivity index (χ4v) is 4.82. The maximum absolute atomic E-state index is 13.2. The molecule has 1 aliphatic heterocycles.